The van der Waals surface area contributed by atoms with Gasteiger partial charge in [-0.25, -0.2) is 36.4 Å². The number of halogens is 2. The SMILES string of the molecule is CC1(C)CN(c2cc(-c3cnc4ccc(C(F)F)nn34)ccn2)CC(CNS(C)(=O)=O)O1. The van der Waals surface area contributed by atoms with Crippen molar-refractivity contribution in [1.82, 2.24) is 24.3 Å². The lowest BCUT2D eigenvalue weighted by Crippen LogP contribution is -2.56. The van der Waals surface area contributed by atoms with Crippen LogP contribution >= 0.6 is 0 Å². The molecule has 0 radical (unpaired) electrons. The molecule has 0 saturated carbocycles. The minimum Gasteiger partial charge on any atom is -0.367 e. The molecule has 12 heteroatoms. The van der Waals surface area contributed by atoms with Crippen LogP contribution in [0.4, 0.5) is 14.6 Å². The van der Waals surface area contributed by atoms with E-state index in [0.29, 0.717) is 30.2 Å². The fourth-order valence-corrected chi connectivity index (χ4v) is 4.26. The normalized spacial score (nSPS) is 19.1. The fraction of sp³-hybridized carbons (Fsp3) is 0.450. The van der Waals surface area contributed by atoms with Crippen LogP contribution in [0.1, 0.15) is 26.0 Å². The summed E-state index contributed by atoms with van der Waals surface area (Å²) in [6.07, 6.45) is 1.26. The topological polar surface area (TPSA) is 102 Å². The maximum atomic E-state index is 13.1. The lowest BCUT2D eigenvalue weighted by atomic mass is 10.0. The second-order valence-electron chi connectivity index (χ2n) is 8.38. The van der Waals surface area contributed by atoms with E-state index in [1.807, 2.05) is 24.8 Å². The zero-order chi connectivity index (χ0) is 23.1. The Labute approximate surface area is 184 Å². The minimum absolute atomic E-state index is 0.145. The number of sulfonamides is 1. The Hall–Kier alpha value is -2.70. The van der Waals surface area contributed by atoms with Gasteiger partial charge in [-0.15, -0.1) is 0 Å². The maximum absolute atomic E-state index is 13.1. The number of hydrogen-bond acceptors (Lipinski definition) is 7. The smallest absolute Gasteiger partial charge is 0.282 e. The van der Waals surface area contributed by atoms with Crippen molar-refractivity contribution in [1.29, 1.82) is 0 Å². The first-order valence-electron chi connectivity index (χ1n) is 9.97. The van der Waals surface area contributed by atoms with E-state index in [1.165, 1.54) is 16.6 Å². The molecule has 4 heterocycles. The summed E-state index contributed by atoms with van der Waals surface area (Å²) < 4.78 is 59.1. The van der Waals surface area contributed by atoms with Crippen LogP contribution in [0.3, 0.4) is 0 Å². The summed E-state index contributed by atoms with van der Waals surface area (Å²) in [5.41, 5.74) is 0.881. The fourth-order valence-electron chi connectivity index (χ4n) is 3.77. The van der Waals surface area contributed by atoms with Crippen molar-refractivity contribution in [3.8, 4) is 11.3 Å². The van der Waals surface area contributed by atoms with Crippen molar-refractivity contribution in [2.75, 3.05) is 30.8 Å². The predicted octanol–water partition coefficient (Wildman–Crippen LogP) is 2.26. The Balaban J connectivity index is 1.64. The molecule has 4 rings (SSSR count). The van der Waals surface area contributed by atoms with E-state index in [1.54, 1.807) is 18.5 Å². The number of hydrogen-bond donors (Lipinski definition) is 1. The third-order valence-electron chi connectivity index (χ3n) is 5.03. The van der Waals surface area contributed by atoms with Gasteiger partial charge in [0.2, 0.25) is 10.0 Å². The monoisotopic (exact) mass is 466 g/mol. The van der Waals surface area contributed by atoms with Crippen LogP contribution in [-0.4, -0.2) is 65.6 Å². The molecule has 3 aromatic heterocycles. The molecule has 0 bridgehead atoms. The second-order valence-corrected chi connectivity index (χ2v) is 10.2. The number of imidazole rings is 1. The summed E-state index contributed by atoms with van der Waals surface area (Å²) in [5, 5.41) is 4.02. The summed E-state index contributed by atoms with van der Waals surface area (Å²) >= 11 is 0. The third kappa shape index (κ3) is 5.03. The van der Waals surface area contributed by atoms with Crippen molar-refractivity contribution in [2.45, 2.75) is 32.0 Å². The zero-order valence-corrected chi connectivity index (χ0v) is 18.7. The standard InChI is InChI=1S/C20H24F2N6O3S/c1-20(2)12-27(11-14(31-20)9-25-32(3,29)30)18-8-13(6-7-23-18)16-10-24-17-5-4-15(19(21)22)26-28(16)17/h4-8,10,14,19,25H,9,11-12H2,1-3H3. The van der Waals surface area contributed by atoms with E-state index in [4.69, 9.17) is 4.74 Å². The quantitative estimate of drug-likeness (QED) is 0.595. The number of aromatic nitrogens is 4. The van der Waals surface area contributed by atoms with E-state index in [-0.39, 0.29) is 18.3 Å². The Bertz CT molecular complexity index is 1230. The Morgan fingerprint density at radius 2 is 2.06 bits per heavy atom. The highest BCUT2D eigenvalue weighted by Gasteiger charge is 2.34. The molecule has 1 aliphatic rings. The molecular weight excluding hydrogens is 442 g/mol. The first kappa shape index (κ1) is 22.5. The van der Waals surface area contributed by atoms with Crippen molar-refractivity contribution >= 4 is 21.5 Å². The number of alkyl halides is 2. The van der Waals surface area contributed by atoms with Gasteiger partial charge in [0, 0.05) is 31.4 Å². The van der Waals surface area contributed by atoms with Crippen LogP contribution in [0.15, 0.2) is 36.7 Å². The molecule has 32 heavy (non-hydrogen) atoms. The number of anilines is 1. The van der Waals surface area contributed by atoms with Gasteiger partial charge in [0.25, 0.3) is 6.43 Å². The van der Waals surface area contributed by atoms with Crippen LogP contribution in [0, 0.1) is 0 Å². The molecule has 9 nitrogen and oxygen atoms in total. The molecule has 0 aromatic carbocycles. The number of nitrogens with one attached hydrogen (secondary N) is 1. The number of rotatable bonds is 6. The van der Waals surface area contributed by atoms with E-state index in [0.717, 1.165) is 11.8 Å². The average Bonchev–Trinajstić information content (AvgIpc) is 3.14. The van der Waals surface area contributed by atoms with E-state index >= 15 is 0 Å². The highest BCUT2D eigenvalue weighted by Crippen LogP contribution is 2.29. The molecule has 0 spiro atoms. The highest BCUT2D eigenvalue weighted by molar-refractivity contribution is 7.88. The van der Waals surface area contributed by atoms with E-state index in [2.05, 4.69) is 19.8 Å². The van der Waals surface area contributed by atoms with Crippen LogP contribution in [0.5, 0.6) is 0 Å². The molecular formula is C20H24F2N6O3S. The number of ether oxygens (including phenoxy) is 1. The number of pyridine rings is 1. The van der Waals surface area contributed by atoms with Gasteiger partial charge in [0.1, 0.15) is 11.5 Å². The molecule has 1 unspecified atom stereocenters. The van der Waals surface area contributed by atoms with Crippen LogP contribution < -0.4 is 9.62 Å². The van der Waals surface area contributed by atoms with Gasteiger partial charge in [-0.3, -0.25) is 0 Å². The van der Waals surface area contributed by atoms with Gasteiger partial charge >= 0.3 is 0 Å². The zero-order valence-electron chi connectivity index (χ0n) is 17.9. The molecule has 172 valence electrons. The Morgan fingerprint density at radius 3 is 2.78 bits per heavy atom. The van der Waals surface area contributed by atoms with E-state index in [9.17, 15) is 17.2 Å². The van der Waals surface area contributed by atoms with Gasteiger partial charge in [0.15, 0.2) is 5.65 Å². The average molecular weight is 467 g/mol. The maximum Gasteiger partial charge on any atom is 0.282 e. The van der Waals surface area contributed by atoms with Crippen molar-refractivity contribution < 1.29 is 21.9 Å². The third-order valence-corrected chi connectivity index (χ3v) is 5.72. The highest BCUT2D eigenvalue weighted by atomic mass is 32.2. The van der Waals surface area contributed by atoms with Gasteiger partial charge in [-0.05, 0) is 38.1 Å². The first-order chi connectivity index (χ1) is 15.0. The molecule has 0 aliphatic carbocycles. The van der Waals surface area contributed by atoms with Crippen molar-refractivity contribution in [2.24, 2.45) is 0 Å². The molecule has 1 saturated heterocycles. The molecule has 0 amide bonds. The van der Waals surface area contributed by atoms with Crippen molar-refractivity contribution in [3.05, 3.63) is 42.4 Å². The first-order valence-corrected chi connectivity index (χ1v) is 11.9. The molecule has 1 aliphatic heterocycles. The number of morpholine rings is 1. The summed E-state index contributed by atoms with van der Waals surface area (Å²) in [4.78, 5) is 10.7. The number of nitrogens with zero attached hydrogens (tertiary/aromatic N) is 5. The molecule has 1 atom stereocenters. The molecule has 1 fully saturated rings. The summed E-state index contributed by atoms with van der Waals surface area (Å²) in [6.45, 7) is 4.97. The summed E-state index contributed by atoms with van der Waals surface area (Å²) in [5.74, 6) is 0.656. The van der Waals surface area contributed by atoms with Gasteiger partial charge in [-0.2, -0.15) is 5.10 Å². The lowest BCUT2D eigenvalue weighted by molar-refractivity contribution is -0.0802. The molecule has 1 N–H and O–H groups in total. The van der Waals surface area contributed by atoms with Crippen molar-refractivity contribution in [3.63, 3.8) is 0 Å². The lowest BCUT2D eigenvalue weighted by Gasteiger charge is -2.43. The predicted molar refractivity (Wildman–Crippen MR) is 115 cm³/mol. The Kier molecular flexibility index (Phi) is 5.86. The summed E-state index contributed by atoms with van der Waals surface area (Å²) in [7, 11) is -3.34. The largest absolute Gasteiger partial charge is 0.367 e. The summed E-state index contributed by atoms with van der Waals surface area (Å²) in [6, 6.07) is 6.36. The minimum atomic E-state index is -3.34. The van der Waals surface area contributed by atoms with E-state index < -0.39 is 22.0 Å². The van der Waals surface area contributed by atoms with Crippen LogP contribution in [0.2, 0.25) is 0 Å². The van der Waals surface area contributed by atoms with Gasteiger partial charge in [-0.1, -0.05) is 0 Å². The second kappa shape index (κ2) is 8.34. The van der Waals surface area contributed by atoms with Crippen LogP contribution in [-0.2, 0) is 14.8 Å². The number of fused-ring (bicyclic) bond motifs is 1. The van der Waals surface area contributed by atoms with Crippen LogP contribution in [0.25, 0.3) is 16.9 Å². The van der Waals surface area contributed by atoms with Gasteiger partial charge < -0.3 is 9.64 Å². The molecule has 3 aromatic rings. The Morgan fingerprint density at radius 1 is 1.28 bits per heavy atom. The van der Waals surface area contributed by atoms with Gasteiger partial charge in [0.05, 0.1) is 29.9 Å².